The summed E-state index contributed by atoms with van der Waals surface area (Å²) in [6.07, 6.45) is 5.78. The number of anilines is 2. The van der Waals surface area contributed by atoms with Gasteiger partial charge in [0.15, 0.2) is 0 Å². The molecule has 2 amide bonds. The monoisotopic (exact) mass is 443 g/mol. The maximum absolute atomic E-state index is 12.5. The van der Waals surface area contributed by atoms with E-state index in [1.54, 1.807) is 6.07 Å². The van der Waals surface area contributed by atoms with Crippen LogP contribution in [0.15, 0.2) is 46.9 Å². The lowest BCUT2D eigenvalue weighted by molar-refractivity contribution is -0.114. The van der Waals surface area contributed by atoms with Gasteiger partial charge in [-0.05, 0) is 71.6 Å². The van der Waals surface area contributed by atoms with Crippen LogP contribution in [0.2, 0.25) is 0 Å². The maximum atomic E-state index is 12.5. The summed E-state index contributed by atoms with van der Waals surface area (Å²) in [6, 6.07) is 13.3. The summed E-state index contributed by atoms with van der Waals surface area (Å²) in [4.78, 5) is 24.7. The van der Waals surface area contributed by atoms with Crippen LogP contribution < -0.4 is 16.0 Å². The molecule has 0 heterocycles. The Morgan fingerprint density at radius 1 is 1.04 bits per heavy atom. The predicted molar refractivity (Wildman–Crippen MR) is 117 cm³/mol. The molecule has 6 heteroatoms. The lowest BCUT2D eigenvalue weighted by Gasteiger charge is -2.23. The fourth-order valence-electron chi connectivity index (χ4n) is 3.45. The first-order chi connectivity index (χ1) is 13.5. The molecule has 1 aliphatic carbocycles. The second-order valence-corrected chi connectivity index (χ2v) is 8.07. The zero-order valence-electron chi connectivity index (χ0n) is 16.1. The largest absolute Gasteiger partial charge is 0.376 e. The van der Waals surface area contributed by atoms with Gasteiger partial charge in [-0.15, -0.1) is 0 Å². The number of halogens is 1. The van der Waals surface area contributed by atoms with Crippen molar-refractivity contribution >= 4 is 39.1 Å². The SMILES string of the molecule is Cc1cc(C(=O)NC2CCCCC2)ccc1NCC(=O)Nc1ccccc1Br. The molecule has 5 nitrogen and oxygen atoms in total. The molecule has 0 atom stereocenters. The van der Waals surface area contributed by atoms with Crippen molar-refractivity contribution in [3.8, 4) is 0 Å². The Bertz CT molecular complexity index is 847. The summed E-state index contributed by atoms with van der Waals surface area (Å²) in [5.74, 6) is -0.154. The topological polar surface area (TPSA) is 70.2 Å². The van der Waals surface area contributed by atoms with Crippen LogP contribution in [-0.4, -0.2) is 24.4 Å². The maximum Gasteiger partial charge on any atom is 0.251 e. The van der Waals surface area contributed by atoms with E-state index in [-0.39, 0.29) is 18.4 Å². The average Bonchev–Trinajstić information content (AvgIpc) is 2.69. The molecule has 1 fully saturated rings. The molecule has 3 N–H and O–H groups in total. The molecule has 1 aliphatic rings. The second kappa shape index (κ2) is 9.73. The minimum Gasteiger partial charge on any atom is -0.376 e. The molecule has 0 unspecified atom stereocenters. The average molecular weight is 444 g/mol. The third kappa shape index (κ3) is 5.58. The van der Waals surface area contributed by atoms with Crippen LogP contribution in [0.1, 0.15) is 48.0 Å². The molecule has 148 valence electrons. The van der Waals surface area contributed by atoms with E-state index < -0.39 is 0 Å². The molecule has 2 aromatic rings. The van der Waals surface area contributed by atoms with Crippen LogP contribution in [0.4, 0.5) is 11.4 Å². The first-order valence-electron chi connectivity index (χ1n) is 9.72. The summed E-state index contributed by atoms with van der Waals surface area (Å²) in [7, 11) is 0. The number of rotatable bonds is 6. The number of carbonyl (C=O) groups is 2. The number of hydrogen-bond donors (Lipinski definition) is 3. The Kier molecular flexibility index (Phi) is 7.09. The van der Waals surface area contributed by atoms with Gasteiger partial charge in [0.05, 0.1) is 12.2 Å². The highest BCUT2D eigenvalue weighted by Crippen LogP contribution is 2.22. The van der Waals surface area contributed by atoms with Crippen molar-refractivity contribution in [2.75, 3.05) is 17.2 Å². The molecule has 2 aromatic carbocycles. The predicted octanol–water partition coefficient (Wildman–Crippen LogP) is 4.87. The van der Waals surface area contributed by atoms with E-state index in [2.05, 4.69) is 31.9 Å². The molecular formula is C22H26BrN3O2. The molecule has 1 saturated carbocycles. The summed E-state index contributed by atoms with van der Waals surface area (Å²) in [5.41, 5.74) is 3.17. The van der Waals surface area contributed by atoms with E-state index in [9.17, 15) is 9.59 Å². The summed E-state index contributed by atoms with van der Waals surface area (Å²) >= 11 is 3.42. The quantitative estimate of drug-likeness (QED) is 0.596. The molecular weight excluding hydrogens is 418 g/mol. The summed E-state index contributed by atoms with van der Waals surface area (Å²) in [6.45, 7) is 2.08. The van der Waals surface area contributed by atoms with E-state index in [0.29, 0.717) is 11.6 Å². The van der Waals surface area contributed by atoms with Gasteiger partial charge in [-0.2, -0.15) is 0 Å². The molecule has 28 heavy (non-hydrogen) atoms. The van der Waals surface area contributed by atoms with Gasteiger partial charge in [-0.25, -0.2) is 0 Å². The summed E-state index contributed by atoms with van der Waals surface area (Å²) < 4.78 is 0.841. The Morgan fingerprint density at radius 3 is 2.50 bits per heavy atom. The number of para-hydroxylation sites is 1. The zero-order valence-corrected chi connectivity index (χ0v) is 17.6. The van der Waals surface area contributed by atoms with E-state index in [1.807, 2.05) is 43.3 Å². The van der Waals surface area contributed by atoms with Crippen molar-refractivity contribution in [3.63, 3.8) is 0 Å². The Hall–Kier alpha value is -2.34. The van der Waals surface area contributed by atoms with Crippen LogP contribution in [0, 0.1) is 6.92 Å². The van der Waals surface area contributed by atoms with Crippen LogP contribution in [-0.2, 0) is 4.79 Å². The van der Waals surface area contributed by atoms with Gasteiger partial charge in [0.25, 0.3) is 5.91 Å². The smallest absolute Gasteiger partial charge is 0.251 e. The standard InChI is InChI=1S/C22H26BrN3O2/c1-15-13-16(22(28)25-17-7-3-2-4-8-17)11-12-19(15)24-14-21(27)26-20-10-6-5-9-18(20)23/h5-6,9-13,17,24H,2-4,7-8,14H2,1H3,(H,25,28)(H,26,27). The number of amides is 2. The number of hydrogen-bond acceptors (Lipinski definition) is 3. The third-order valence-electron chi connectivity index (χ3n) is 5.02. The van der Waals surface area contributed by atoms with Crippen LogP contribution in [0.5, 0.6) is 0 Å². The van der Waals surface area contributed by atoms with Crippen molar-refractivity contribution in [3.05, 3.63) is 58.1 Å². The highest BCUT2D eigenvalue weighted by molar-refractivity contribution is 9.10. The van der Waals surface area contributed by atoms with Crippen LogP contribution >= 0.6 is 15.9 Å². The van der Waals surface area contributed by atoms with Crippen molar-refractivity contribution in [2.24, 2.45) is 0 Å². The van der Waals surface area contributed by atoms with E-state index in [0.717, 1.165) is 34.3 Å². The molecule has 0 saturated heterocycles. The van der Waals surface area contributed by atoms with Gasteiger partial charge in [0.2, 0.25) is 5.91 Å². The van der Waals surface area contributed by atoms with Gasteiger partial charge < -0.3 is 16.0 Å². The van der Waals surface area contributed by atoms with Gasteiger partial charge in [-0.1, -0.05) is 31.4 Å². The van der Waals surface area contributed by atoms with Crippen molar-refractivity contribution in [1.82, 2.24) is 5.32 Å². The van der Waals surface area contributed by atoms with Gasteiger partial charge in [0, 0.05) is 21.8 Å². The van der Waals surface area contributed by atoms with Crippen molar-refractivity contribution in [1.29, 1.82) is 0 Å². The van der Waals surface area contributed by atoms with Gasteiger partial charge in [-0.3, -0.25) is 9.59 Å². The number of aryl methyl sites for hydroxylation is 1. The Balaban J connectivity index is 1.54. The highest BCUT2D eigenvalue weighted by atomic mass is 79.9. The lowest BCUT2D eigenvalue weighted by Crippen LogP contribution is -2.36. The fourth-order valence-corrected chi connectivity index (χ4v) is 3.84. The Labute approximate surface area is 174 Å². The van der Waals surface area contributed by atoms with E-state index >= 15 is 0 Å². The normalized spacial score (nSPS) is 14.4. The van der Waals surface area contributed by atoms with Crippen LogP contribution in [0.3, 0.4) is 0 Å². The van der Waals surface area contributed by atoms with Crippen molar-refractivity contribution in [2.45, 2.75) is 45.1 Å². The number of nitrogens with one attached hydrogen (secondary N) is 3. The van der Waals surface area contributed by atoms with E-state index in [1.165, 1.54) is 19.3 Å². The van der Waals surface area contributed by atoms with Crippen molar-refractivity contribution < 1.29 is 9.59 Å². The number of carbonyl (C=O) groups excluding carboxylic acids is 2. The Morgan fingerprint density at radius 2 is 1.79 bits per heavy atom. The molecule has 0 radical (unpaired) electrons. The zero-order chi connectivity index (χ0) is 19.9. The fraction of sp³-hybridized carbons (Fsp3) is 0.364. The second-order valence-electron chi connectivity index (χ2n) is 7.22. The van der Waals surface area contributed by atoms with Crippen LogP contribution in [0.25, 0.3) is 0 Å². The highest BCUT2D eigenvalue weighted by Gasteiger charge is 2.17. The molecule has 0 bridgehead atoms. The first kappa shape index (κ1) is 20.4. The minimum absolute atomic E-state index is 0.0202. The summed E-state index contributed by atoms with van der Waals surface area (Å²) in [5, 5.41) is 9.14. The van der Waals surface area contributed by atoms with Gasteiger partial charge >= 0.3 is 0 Å². The minimum atomic E-state index is -0.134. The lowest BCUT2D eigenvalue weighted by atomic mass is 9.95. The van der Waals surface area contributed by atoms with Gasteiger partial charge in [0.1, 0.15) is 0 Å². The third-order valence-corrected chi connectivity index (χ3v) is 5.71. The molecule has 0 aromatic heterocycles. The molecule has 3 rings (SSSR count). The molecule has 0 aliphatic heterocycles. The van der Waals surface area contributed by atoms with E-state index in [4.69, 9.17) is 0 Å². The number of benzene rings is 2. The first-order valence-corrected chi connectivity index (χ1v) is 10.5. The molecule has 0 spiro atoms.